The van der Waals surface area contributed by atoms with Gasteiger partial charge in [0.25, 0.3) is 0 Å². The van der Waals surface area contributed by atoms with Crippen molar-refractivity contribution in [3.8, 4) is 0 Å². The van der Waals surface area contributed by atoms with Gasteiger partial charge in [-0.05, 0) is 44.1 Å². The lowest BCUT2D eigenvalue weighted by atomic mass is 9.70. The number of rotatable bonds is 4. The van der Waals surface area contributed by atoms with Gasteiger partial charge in [-0.25, -0.2) is 4.39 Å². The van der Waals surface area contributed by atoms with E-state index in [1.54, 1.807) is 0 Å². The quantitative estimate of drug-likeness (QED) is 0.256. The summed E-state index contributed by atoms with van der Waals surface area (Å²) in [5.41, 5.74) is 2.37. The molecule has 0 bridgehead atoms. The fourth-order valence-corrected chi connectivity index (χ4v) is 7.79. The minimum absolute atomic E-state index is 0.0219. The van der Waals surface area contributed by atoms with Crippen molar-refractivity contribution >= 4 is 8.32 Å². The smallest absolute Gasteiger partial charge is 0.417 e. The molecule has 1 saturated heterocycles. The van der Waals surface area contributed by atoms with E-state index in [4.69, 9.17) is 18.9 Å². The van der Waals surface area contributed by atoms with Crippen molar-refractivity contribution in [3.05, 3.63) is 57.4 Å². The Morgan fingerprint density at radius 3 is 2.26 bits per heavy atom. The molecule has 0 saturated carbocycles. The Morgan fingerprint density at radius 2 is 1.71 bits per heavy atom. The zero-order valence-corrected chi connectivity index (χ0v) is 27.3. The van der Waals surface area contributed by atoms with E-state index in [1.165, 1.54) is 0 Å². The number of hydrogen-bond acceptors (Lipinski definition) is 5. The molecule has 1 aliphatic carbocycles. The van der Waals surface area contributed by atoms with Crippen molar-refractivity contribution in [1.82, 2.24) is 9.97 Å². The summed E-state index contributed by atoms with van der Waals surface area (Å²) in [7, 11) is -2.24. The first-order valence-corrected chi connectivity index (χ1v) is 17.9. The van der Waals surface area contributed by atoms with E-state index < -0.39 is 37.6 Å². The van der Waals surface area contributed by atoms with Gasteiger partial charge in [-0.15, -0.1) is 18.1 Å². The third kappa shape index (κ3) is 5.45. The molecule has 0 amide bonds. The van der Waals surface area contributed by atoms with Crippen molar-refractivity contribution in [2.75, 3.05) is 13.2 Å². The van der Waals surface area contributed by atoms with Gasteiger partial charge in [0.05, 0.1) is 11.2 Å². The Labute approximate surface area is 247 Å². The van der Waals surface area contributed by atoms with E-state index in [0.717, 1.165) is 40.9 Å². The summed E-state index contributed by atoms with van der Waals surface area (Å²) in [6, 6.07) is 0.521. The fraction of sp³-hybridized carbons (Fsp3) is 0.688. The summed E-state index contributed by atoms with van der Waals surface area (Å²) in [5.74, 6) is -1.07. The third-order valence-electron chi connectivity index (χ3n) is 9.68. The molecule has 0 N–H and O–H groups in total. The Balaban J connectivity index is 1.79. The fourth-order valence-electron chi connectivity index (χ4n) is 6.53. The number of fused-ring (bicyclic) bond motifs is 4. The lowest BCUT2D eigenvalue weighted by Gasteiger charge is -2.53. The first kappa shape index (κ1) is 31.5. The Morgan fingerprint density at radius 1 is 1.07 bits per heavy atom. The summed E-state index contributed by atoms with van der Waals surface area (Å²) in [4.78, 5) is 9.30. The number of halogens is 4. The minimum Gasteiger partial charge on any atom is -0.559 e. The highest BCUT2D eigenvalue weighted by atomic mass is 28.4. The maximum atomic E-state index is 15.6. The molecular formula is C32H44F4N2O3Si-. The van der Waals surface area contributed by atoms with Crippen LogP contribution in [-0.2, 0) is 32.1 Å². The van der Waals surface area contributed by atoms with Crippen LogP contribution in [0, 0.1) is 11.2 Å². The largest absolute Gasteiger partial charge is 0.559 e. The van der Waals surface area contributed by atoms with Gasteiger partial charge >= 0.3 is 6.18 Å². The van der Waals surface area contributed by atoms with Crippen LogP contribution >= 0.6 is 0 Å². The molecule has 10 heteroatoms. The van der Waals surface area contributed by atoms with Crippen LogP contribution in [0.4, 0.5) is 17.6 Å². The van der Waals surface area contributed by atoms with Crippen LogP contribution in [0.25, 0.3) is 0 Å². The maximum absolute atomic E-state index is 15.6. The molecule has 2 aromatic heterocycles. The van der Waals surface area contributed by atoms with Crippen molar-refractivity contribution < 1.29 is 31.5 Å². The average Bonchev–Trinajstić information content (AvgIpc) is 3.15. The van der Waals surface area contributed by atoms with Crippen LogP contribution in [0.5, 0.6) is 0 Å². The molecule has 42 heavy (non-hydrogen) atoms. The Hall–Kier alpha value is -1.88. The maximum Gasteiger partial charge on any atom is 0.417 e. The molecule has 0 radical (unpaired) electrons. The van der Waals surface area contributed by atoms with Gasteiger partial charge in [-0.2, -0.15) is 13.2 Å². The predicted octanol–water partition coefficient (Wildman–Crippen LogP) is 8.92. The predicted molar refractivity (Wildman–Crippen MR) is 155 cm³/mol. The summed E-state index contributed by atoms with van der Waals surface area (Å²) >= 11 is 0. The average molecular weight is 609 g/mol. The molecular weight excluding hydrogens is 564 g/mol. The van der Waals surface area contributed by atoms with Crippen LogP contribution in [0.15, 0.2) is 12.3 Å². The molecule has 2 aromatic rings. The highest BCUT2D eigenvalue weighted by Gasteiger charge is 2.53. The summed E-state index contributed by atoms with van der Waals surface area (Å²) in [6.07, 6.45) is -2.58. The second-order valence-electron chi connectivity index (χ2n) is 14.9. The Bertz CT molecular complexity index is 1360. The molecule has 5 rings (SSSR count). The molecule has 0 unspecified atom stereocenters. The SMILES string of the molecule is CC(C)c1nc2c(c3c1[C@@H](c1ncc(C(F)(F)F)cc1F)OC31CCOCC1)[C@@H](O[Si-](C)(C)C(C)(C)C)CC(C)(C)C2. The highest BCUT2D eigenvalue weighted by Crippen LogP contribution is 2.59. The zero-order valence-electron chi connectivity index (χ0n) is 26.3. The third-order valence-corrected chi connectivity index (χ3v) is 14.2. The second-order valence-corrected chi connectivity index (χ2v) is 19.7. The summed E-state index contributed by atoms with van der Waals surface area (Å²) in [6.45, 7) is 20.6. The topological polar surface area (TPSA) is 53.5 Å². The minimum atomic E-state index is -4.70. The first-order chi connectivity index (χ1) is 19.3. The van der Waals surface area contributed by atoms with Crippen LogP contribution in [-0.4, -0.2) is 31.5 Å². The molecule has 233 valence electrons. The second kappa shape index (κ2) is 10.3. The molecule has 2 atom stereocenters. The van der Waals surface area contributed by atoms with Crippen LogP contribution in [0.3, 0.4) is 0 Å². The van der Waals surface area contributed by atoms with Crippen molar-refractivity contribution in [3.63, 3.8) is 0 Å². The molecule has 1 spiro atoms. The monoisotopic (exact) mass is 608 g/mol. The molecule has 5 nitrogen and oxygen atoms in total. The summed E-state index contributed by atoms with van der Waals surface area (Å²) in [5, 5.41) is -0.0219. The van der Waals surface area contributed by atoms with Gasteiger partial charge in [0.15, 0.2) is 0 Å². The van der Waals surface area contributed by atoms with Gasteiger partial charge < -0.3 is 13.9 Å². The van der Waals surface area contributed by atoms with E-state index in [0.29, 0.717) is 38.3 Å². The van der Waals surface area contributed by atoms with Crippen molar-refractivity contribution in [1.29, 1.82) is 0 Å². The molecule has 1 fully saturated rings. The highest BCUT2D eigenvalue weighted by molar-refractivity contribution is 6.74. The van der Waals surface area contributed by atoms with Crippen LogP contribution < -0.4 is 0 Å². The normalized spacial score (nSPS) is 23.8. The van der Waals surface area contributed by atoms with Crippen molar-refractivity contribution in [2.24, 2.45) is 5.41 Å². The number of nitrogens with zero attached hydrogens (tertiary/aromatic N) is 2. The zero-order chi connectivity index (χ0) is 31.0. The first-order valence-electron chi connectivity index (χ1n) is 15.0. The van der Waals surface area contributed by atoms with E-state index in [2.05, 4.69) is 52.7 Å². The van der Waals surface area contributed by atoms with Gasteiger partial charge in [0.1, 0.15) is 17.6 Å². The van der Waals surface area contributed by atoms with Gasteiger partial charge in [0, 0.05) is 60.9 Å². The molecule has 0 aromatic carbocycles. The van der Waals surface area contributed by atoms with Crippen LogP contribution in [0.2, 0.25) is 18.1 Å². The van der Waals surface area contributed by atoms with Gasteiger partial charge in [0.2, 0.25) is 0 Å². The summed E-state index contributed by atoms with van der Waals surface area (Å²) < 4.78 is 75.6. The van der Waals surface area contributed by atoms with E-state index in [-0.39, 0.29) is 28.2 Å². The van der Waals surface area contributed by atoms with Gasteiger partial charge in [-0.3, -0.25) is 9.97 Å². The molecule has 4 heterocycles. The number of aromatic nitrogens is 2. The molecule has 2 aliphatic heterocycles. The van der Waals surface area contributed by atoms with E-state index in [1.807, 2.05) is 13.8 Å². The van der Waals surface area contributed by atoms with Crippen LogP contribution in [0.1, 0.15) is 125 Å². The number of hydrogen-bond donors (Lipinski definition) is 0. The standard InChI is InChI=1S/C32H44F4N2O3Si/c1-18(2)26-24-25(23-21(38-26)15-30(6,7)16-22(23)41-42(8,9)29(3,4)5)31(10-12-39-13-11-31)40-28(24)27-20(33)14-19(17-37-27)32(34,35)36/h14,17-18,22,28H,10-13,15-16H2,1-9H3/q-1/t22-,28-/m0/s1. The molecule has 3 aliphatic rings. The lowest BCUT2D eigenvalue weighted by molar-refractivity contribution is -0.138. The Kier molecular flexibility index (Phi) is 7.77. The van der Waals surface area contributed by atoms with Gasteiger partial charge in [-0.1, -0.05) is 48.5 Å². The number of alkyl halides is 3. The number of ether oxygens (including phenoxy) is 2. The lowest BCUT2D eigenvalue weighted by Crippen LogP contribution is -2.45. The number of pyridine rings is 2. The van der Waals surface area contributed by atoms with Crippen molar-refractivity contribution in [2.45, 2.75) is 122 Å². The van der Waals surface area contributed by atoms with E-state index in [9.17, 15) is 13.2 Å². The van der Waals surface area contributed by atoms with E-state index >= 15 is 4.39 Å².